The molecule has 1 aliphatic heterocycles. The lowest BCUT2D eigenvalue weighted by Gasteiger charge is -2.29. The van der Waals surface area contributed by atoms with Gasteiger partial charge >= 0.3 is 5.97 Å². The molecule has 0 aliphatic carbocycles. The zero-order chi connectivity index (χ0) is 30.4. The fourth-order valence-electron chi connectivity index (χ4n) is 4.33. The third-order valence-corrected chi connectivity index (χ3v) is 6.14. The van der Waals surface area contributed by atoms with Crippen molar-refractivity contribution in [2.45, 2.75) is 99.8 Å². The normalized spacial score (nSPS) is 15.4. The number of carbonyl (C=O) groups excluding carboxylic acids is 4. The molecule has 2 atom stereocenters. The van der Waals surface area contributed by atoms with Crippen molar-refractivity contribution in [3.8, 4) is 5.75 Å². The van der Waals surface area contributed by atoms with Gasteiger partial charge in [0.2, 0.25) is 5.91 Å². The lowest BCUT2D eigenvalue weighted by Crippen LogP contribution is -2.54. The van der Waals surface area contributed by atoms with E-state index in [-0.39, 0.29) is 18.3 Å². The van der Waals surface area contributed by atoms with Crippen molar-refractivity contribution in [1.29, 1.82) is 0 Å². The van der Waals surface area contributed by atoms with Gasteiger partial charge in [0, 0.05) is 5.57 Å². The van der Waals surface area contributed by atoms with Crippen LogP contribution in [0.25, 0.3) is 5.57 Å². The number of ether oxygens (including phenoxy) is 2. The highest BCUT2D eigenvalue weighted by Crippen LogP contribution is 2.36. The average Bonchev–Trinajstić information content (AvgIpc) is 3.05. The maximum atomic E-state index is 13.9. The molecule has 1 unspecified atom stereocenters. The molecular weight excluding hydrogens is 508 g/mol. The van der Waals surface area contributed by atoms with Crippen molar-refractivity contribution in [2.75, 3.05) is 6.61 Å². The number of rotatable bonds is 12. The zero-order valence-electron chi connectivity index (χ0n) is 25.7. The average molecular weight is 555 g/mol. The number of nitrogens with one attached hydrogen (secondary N) is 1. The Morgan fingerprint density at radius 1 is 0.950 bits per heavy atom. The van der Waals surface area contributed by atoms with Gasteiger partial charge in [-0.25, -0.2) is 4.79 Å². The van der Waals surface area contributed by atoms with E-state index in [1.807, 2.05) is 47.6 Å². The van der Waals surface area contributed by atoms with E-state index in [9.17, 15) is 19.2 Å². The van der Waals surface area contributed by atoms with Gasteiger partial charge in [-0.05, 0) is 90.0 Å². The van der Waals surface area contributed by atoms with E-state index in [4.69, 9.17) is 9.47 Å². The third-order valence-electron chi connectivity index (χ3n) is 6.14. The standard InChI is InChI=1S/C32H46N2O6/c1-19(2)15-16-39-24-13-11-23(12-14-24)27-25(17-20(3)4)29(36)34(30(27)37)26(18-21(5)6)28(35)33-22(7)31(38)40-32(8,9)10/h11-15,20-22,26H,16-18H2,1-10H3,(H,33,35)/t22-,26?/m0/s1. The highest BCUT2D eigenvalue weighted by atomic mass is 16.6. The molecule has 0 aromatic heterocycles. The van der Waals surface area contributed by atoms with Crippen LogP contribution in [-0.2, 0) is 23.9 Å². The van der Waals surface area contributed by atoms with Crippen molar-refractivity contribution in [2.24, 2.45) is 11.8 Å². The molecule has 0 saturated heterocycles. The molecule has 1 aromatic carbocycles. The Labute approximate surface area is 239 Å². The van der Waals surface area contributed by atoms with Gasteiger partial charge in [0.05, 0.1) is 5.57 Å². The molecule has 0 bridgehead atoms. The number of amides is 3. The lowest BCUT2D eigenvalue weighted by molar-refractivity contribution is -0.158. The number of benzene rings is 1. The fourth-order valence-corrected chi connectivity index (χ4v) is 4.33. The maximum Gasteiger partial charge on any atom is 0.328 e. The minimum Gasteiger partial charge on any atom is -0.490 e. The molecule has 8 nitrogen and oxygen atoms in total. The molecule has 1 aliphatic rings. The molecule has 0 fully saturated rings. The van der Waals surface area contributed by atoms with Gasteiger partial charge in [-0.2, -0.15) is 0 Å². The van der Waals surface area contributed by atoms with Crippen LogP contribution in [0.15, 0.2) is 41.5 Å². The summed E-state index contributed by atoms with van der Waals surface area (Å²) >= 11 is 0. The number of hydrogen-bond acceptors (Lipinski definition) is 6. The molecule has 2 rings (SSSR count). The predicted molar refractivity (Wildman–Crippen MR) is 156 cm³/mol. The van der Waals surface area contributed by atoms with Gasteiger partial charge in [-0.1, -0.05) is 45.4 Å². The van der Waals surface area contributed by atoms with Crippen LogP contribution in [0.2, 0.25) is 0 Å². The first-order valence-electron chi connectivity index (χ1n) is 14.0. The lowest BCUT2D eigenvalue weighted by atomic mass is 9.95. The monoisotopic (exact) mass is 554 g/mol. The largest absolute Gasteiger partial charge is 0.490 e. The van der Waals surface area contributed by atoms with E-state index in [0.717, 1.165) is 10.5 Å². The summed E-state index contributed by atoms with van der Waals surface area (Å²) in [5, 5.41) is 2.67. The predicted octanol–water partition coefficient (Wildman–Crippen LogP) is 5.46. The SMILES string of the molecule is CC(C)=CCOc1ccc(C2=C(CC(C)C)C(=O)N(C(CC(C)C)C(=O)N[C@@H](C)C(=O)OC(C)(C)C)C2=O)cc1. The molecule has 0 radical (unpaired) electrons. The summed E-state index contributed by atoms with van der Waals surface area (Å²) in [7, 11) is 0. The Morgan fingerprint density at radius 3 is 2.05 bits per heavy atom. The second-order valence-electron chi connectivity index (χ2n) is 12.5. The number of allylic oxidation sites excluding steroid dienone is 1. The van der Waals surface area contributed by atoms with Crippen LogP contribution in [-0.4, -0.2) is 52.9 Å². The zero-order valence-corrected chi connectivity index (χ0v) is 25.7. The highest BCUT2D eigenvalue weighted by Gasteiger charge is 2.45. The van der Waals surface area contributed by atoms with Crippen molar-refractivity contribution < 1.29 is 28.7 Å². The van der Waals surface area contributed by atoms with Crippen molar-refractivity contribution in [1.82, 2.24) is 10.2 Å². The van der Waals surface area contributed by atoms with Crippen LogP contribution in [0.3, 0.4) is 0 Å². The quantitative estimate of drug-likeness (QED) is 0.209. The fraction of sp³-hybridized carbons (Fsp3) is 0.562. The van der Waals surface area contributed by atoms with E-state index in [2.05, 4.69) is 5.32 Å². The van der Waals surface area contributed by atoms with Crippen LogP contribution in [0.1, 0.15) is 87.6 Å². The summed E-state index contributed by atoms with van der Waals surface area (Å²) in [6.45, 7) is 19.0. The Kier molecular flexibility index (Phi) is 11.3. The van der Waals surface area contributed by atoms with Gasteiger partial charge in [0.1, 0.15) is 30.0 Å². The second-order valence-corrected chi connectivity index (χ2v) is 12.5. The van der Waals surface area contributed by atoms with E-state index in [1.54, 1.807) is 45.0 Å². The van der Waals surface area contributed by atoms with Gasteiger partial charge in [0.25, 0.3) is 11.8 Å². The van der Waals surface area contributed by atoms with Gasteiger partial charge in [0.15, 0.2) is 0 Å². The third kappa shape index (κ3) is 9.07. The first-order valence-corrected chi connectivity index (χ1v) is 14.0. The Hall–Kier alpha value is -3.42. The Morgan fingerprint density at radius 2 is 1.55 bits per heavy atom. The molecule has 1 heterocycles. The van der Waals surface area contributed by atoms with Crippen molar-refractivity contribution >= 4 is 29.3 Å². The van der Waals surface area contributed by atoms with Crippen LogP contribution in [0.5, 0.6) is 5.75 Å². The molecule has 0 spiro atoms. The molecule has 220 valence electrons. The summed E-state index contributed by atoms with van der Waals surface area (Å²) in [6.07, 6.45) is 2.61. The van der Waals surface area contributed by atoms with E-state index < -0.39 is 41.4 Å². The van der Waals surface area contributed by atoms with Gasteiger partial charge in [-0.15, -0.1) is 0 Å². The van der Waals surface area contributed by atoms with Crippen molar-refractivity contribution in [3.63, 3.8) is 0 Å². The smallest absolute Gasteiger partial charge is 0.328 e. The van der Waals surface area contributed by atoms with Gasteiger partial charge < -0.3 is 14.8 Å². The minimum atomic E-state index is -1.07. The molecule has 1 N–H and O–H groups in total. The van der Waals surface area contributed by atoms with Crippen LogP contribution in [0.4, 0.5) is 0 Å². The molecule has 0 saturated carbocycles. The number of carbonyl (C=O) groups is 4. The first-order chi connectivity index (χ1) is 18.5. The summed E-state index contributed by atoms with van der Waals surface area (Å²) < 4.78 is 11.1. The number of hydrogen-bond donors (Lipinski definition) is 1. The van der Waals surface area contributed by atoms with Crippen LogP contribution < -0.4 is 10.1 Å². The minimum absolute atomic E-state index is 0.00280. The molecule has 3 amide bonds. The summed E-state index contributed by atoms with van der Waals surface area (Å²) in [5.41, 5.74) is 1.72. The summed E-state index contributed by atoms with van der Waals surface area (Å²) in [6, 6.07) is 5.06. The Bertz CT molecular complexity index is 1150. The second kappa shape index (κ2) is 13.8. The topological polar surface area (TPSA) is 102 Å². The van der Waals surface area contributed by atoms with Gasteiger partial charge in [-0.3, -0.25) is 19.3 Å². The summed E-state index contributed by atoms with van der Waals surface area (Å²) in [5.74, 6) is -1.38. The summed E-state index contributed by atoms with van der Waals surface area (Å²) in [4.78, 5) is 54.8. The molecular formula is C32H46N2O6. The maximum absolute atomic E-state index is 13.9. The molecule has 8 heteroatoms. The number of nitrogens with zero attached hydrogens (tertiary/aromatic N) is 1. The molecule has 40 heavy (non-hydrogen) atoms. The van der Waals surface area contributed by atoms with E-state index in [0.29, 0.717) is 35.5 Å². The first kappa shape index (κ1) is 32.8. The van der Waals surface area contributed by atoms with Crippen molar-refractivity contribution in [3.05, 3.63) is 47.1 Å². The highest BCUT2D eigenvalue weighted by molar-refractivity contribution is 6.36. The number of imide groups is 1. The Balaban J connectivity index is 2.40. The van der Waals surface area contributed by atoms with Crippen LogP contribution in [0, 0.1) is 11.8 Å². The molecule has 1 aromatic rings. The van der Waals surface area contributed by atoms with E-state index in [1.165, 1.54) is 6.92 Å². The van der Waals surface area contributed by atoms with E-state index >= 15 is 0 Å². The van der Waals surface area contributed by atoms with Crippen LogP contribution >= 0.6 is 0 Å². The number of esters is 1.